The standard InChI is InChI=1S/C22H17BrFNO3S2/c1-14-10-19(28-12-16-4-3-8-30-16)20(23)22(26)25(14)21-17(24)5-2-6-18(21)27-11-15-7-9-29-13-15/h2-10,13H,11-12H2,1H3. The van der Waals surface area contributed by atoms with Crippen LogP contribution in [-0.4, -0.2) is 4.57 Å². The third-order valence-corrected chi connectivity index (χ3v) is 6.71. The molecule has 0 aliphatic carbocycles. The monoisotopic (exact) mass is 505 g/mol. The molecule has 4 rings (SSSR count). The van der Waals surface area contributed by atoms with Crippen LogP contribution < -0.4 is 15.0 Å². The molecule has 4 nitrogen and oxygen atoms in total. The van der Waals surface area contributed by atoms with Gasteiger partial charge in [-0.1, -0.05) is 12.1 Å². The lowest BCUT2D eigenvalue weighted by Crippen LogP contribution is -2.23. The molecule has 0 spiro atoms. The van der Waals surface area contributed by atoms with E-state index in [-0.39, 0.29) is 16.8 Å². The zero-order valence-corrected chi connectivity index (χ0v) is 19.2. The number of aryl methyl sites for hydroxylation is 1. The molecule has 3 aromatic heterocycles. The van der Waals surface area contributed by atoms with Crippen LogP contribution in [0.1, 0.15) is 16.1 Å². The Labute approximate surface area is 189 Å². The number of halogens is 2. The lowest BCUT2D eigenvalue weighted by molar-refractivity contribution is 0.302. The van der Waals surface area contributed by atoms with Crippen LogP contribution in [0.2, 0.25) is 0 Å². The van der Waals surface area contributed by atoms with Crippen LogP contribution >= 0.6 is 38.6 Å². The number of pyridine rings is 1. The molecular formula is C22H17BrFNO3S2. The van der Waals surface area contributed by atoms with Crippen molar-refractivity contribution in [3.05, 3.63) is 95.4 Å². The van der Waals surface area contributed by atoms with E-state index in [2.05, 4.69) is 15.9 Å². The van der Waals surface area contributed by atoms with E-state index in [1.165, 1.54) is 10.6 Å². The molecule has 154 valence electrons. The van der Waals surface area contributed by atoms with Gasteiger partial charge in [0.05, 0.1) is 0 Å². The second-order valence-corrected chi connectivity index (χ2v) is 9.08. The summed E-state index contributed by atoms with van der Waals surface area (Å²) in [4.78, 5) is 14.2. The van der Waals surface area contributed by atoms with Gasteiger partial charge >= 0.3 is 0 Å². The van der Waals surface area contributed by atoms with Gasteiger partial charge in [0, 0.05) is 16.6 Å². The summed E-state index contributed by atoms with van der Waals surface area (Å²) in [6.45, 7) is 2.38. The Bertz CT molecular complexity index is 1200. The summed E-state index contributed by atoms with van der Waals surface area (Å²) in [5, 5.41) is 5.88. The molecule has 0 unspecified atom stereocenters. The quantitative estimate of drug-likeness (QED) is 0.294. The van der Waals surface area contributed by atoms with E-state index in [0.29, 0.717) is 23.8 Å². The molecule has 0 aliphatic rings. The van der Waals surface area contributed by atoms with Crippen molar-refractivity contribution in [2.45, 2.75) is 20.1 Å². The minimum atomic E-state index is -0.540. The first-order valence-electron chi connectivity index (χ1n) is 9.04. The third kappa shape index (κ3) is 4.35. The molecule has 0 atom stereocenters. The number of ether oxygens (including phenoxy) is 2. The molecule has 4 aromatic rings. The third-order valence-electron chi connectivity index (χ3n) is 4.40. The maximum atomic E-state index is 14.8. The average molecular weight is 506 g/mol. The summed E-state index contributed by atoms with van der Waals surface area (Å²) < 4.78 is 28.1. The van der Waals surface area contributed by atoms with Gasteiger partial charge in [-0.05, 0) is 68.8 Å². The van der Waals surface area contributed by atoms with Crippen molar-refractivity contribution in [3.8, 4) is 17.2 Å². The lowest BCUT2D eigenvalue weighted by Gasteiger charge is -2.18. The highest BCUT2D eigenvalue weighted by Gasteiger charge is 2.20. The van der Waals surface area contributed by atoms with Crippen LogP contribution in [0.5, 0.6) is 11.5 Å². The number of benzene rings is 1. The number of nitrogens with zero attached hydrogens (tertiary/aromatic N) is 1. The van der Waals surface area contributed by atoms with Crippen molar-refractivity contribution < 1.29 is 13.9 Å². The summed E-state index contributed by atoms with van der Waals surface area (Å²) in [6.07, 6.45) is 0. The molecule has 0 amide bonds. The molecule has 1 aromatic carbocycles. The first-order chi connectivity index (χ1) is 14.5. The van der Waals surface area contributed by atoms with Gasteiger partial charge in [0.2, 0.25) is 0 Å². The highest BCUT2D eigenvalue weighted by atomic mass is 79.9. The fourth-order valence-electron chi connectivity index (χ4n) is 2.97. The first-order valence-corrected chi connectivity index (χ1v) is 11.7. The van der Waals surface area contributed by atoms with Gasteiger partial charge in [0.25, 0.3) is 5.56 Å². The second kappa shape index (κ2) is 9.16. The van der Waals surface area contributed by atoms with Crippen molar-refractivity contribution >= 4 is 38.6 Å². The zero-order chi connectivity index (χ0) is 21.1. The fraction of sp³-hybridized carbons (Fsp3) is 0.136. The second-order valence-electron chi connectivity index (χ2n) is 6.48. The van der Waals surface area contributed by atoms with Crippen LogP contribution in [0.3, 0.4) is 0 Å². The SMILES string of the molecule is Cc1cc(OCc2cccs2)c(Br)c(=O)n1-c1c(F)cccc1OCc1ccsc1. The van der Waals surface area contributed by atoms with Crippen molar-refractivity contribution in [1.29, 1.82) is 0 Å². The first kappa shape index (κ1) is 20.8. The van der Waals surface area contributed by atoms with Gasteiger partial charge in [0.1, 0.15) is 34.9 Å². The van der Waals surface area contributed by atoms with Gasteiger partial charge < -0.3 is 9.47 Å². The minimum absolute atomic E-state index is 0.0840. The van der Waals surface area contributed by atoms with E-state index >= 15 is 0 Å². The van der Waals surface area contributed by atoms with Gasteiger partial charge in [-0.3, -0.25) is 9.36 Å². The molecule has 3 heterocycles. The Hall–Kier alpha value is -2.42. The van der Waals surface area contributed by atoms with Gasteiger partial charge in [0.15, 0.2) is 5.82 Å². The molecule has 0 aliphatic heterocycles. The van der Waals surface area contributed by atoms with Crippen molar-refractivity contribution in [3.63, 3.8) is 0 Å². The van der Waals surface area contributed by atoms with E-state index in [1.807, 2.05) is 34.3 Å². The average Bonchev–Trinajstić information content (AvgIpc) is 3.43. The normalized spacial score (nSPS) is 10.9. The van der Waals surface area contributed by atoms with Crippen LogP contribution in [0.4, 0.5) is 4.39 Å². The van der Waals surface area contributed by atoms with Gasteiger partial charge in [-0.2, -0.15) is 11.3 Å². The van der Waals surface area contributed by atoms with Crippen LogP contribution in [0.25, 0.3) is 5.69 Å². The smallest absolute Gasteiger partial charge is 0.273 e. The molecule has 0 radical (unpaired) electrons. The van der Waals surface area contributed by atoms with E-state index < -0.39 is 11.4 Å². The van der Waals surface area contributed by atoms with Gasteiger partial charge in [-0.25, -0.2) is 4.39 Å². The Morgan fingerprint density at radius 1 is 1.07 bits per heavy atom. The van der Waals surface area contributed by atoms with E-state index in [1.54, 1.807) is 47.8 Å². The zero-order valence-electron chi connectivity index (χ0n) is 15.9. The number of thiophene rings is 2. The number of aromatic nitrogens is 1. The summed E-state index contributed by atoms with van der Waals surface area (Å²) in [6, 6.07) is 12.1. The highest BCUT2D eigenvalue weighted by Crippen LogP contribution is 2.30. The largest absolute Gasteiger partial charge is 0.487 e. The molecule has 30 heavy (non-hydrogen) atoms. The topological polar surface area (TPSA) is 40.5 Å². The molecular weight excluding hydrogens is 489 g/mol. The van der Waals surface area contributed by atoms with Gasteiger partial charge in [-0.15, -0.1) is 11.3 Å². The number of rotatable bonds is 7. The summed E-state index contributed by atoms with van der Waals surface area (Å²) in [5.74, 6) is 0.173. The summed E-state index contributed by atoms with van der Waals surface area (Å²) in [7, 11) is 0. The lowest BCUT2D eigenvalue weighted by atomic mass is 10.2. The predicted molar refractivity (Wildman–Crippen MR) is 122 cm³/mol. The van der Waals surface area contributed by atoms with Crippen LogP contribution in [0, 0.1) is 12.7 Å². The number of para-hydroxylation sites is 1. The minimum Gasteiger partial charge on any atom is -0.487 e. The molecule has 0 bridgehead atoms. The molecule has 0 saturated carbocycles. The number of hydrogen-bond acceptors (Lipinski definition) is 5. The fourth-order valence-corrected chi connectivity index (χ4v) is 4.65. The molecule has 0 saturated heterocycles. The van der Waals surface area contributed by atoms with E-state index in [9.17, 15) is 9.18 Å². The molecule has 0 fully saturated rings. The predicted octanol–water partition coefficient (Wildman–Crippen LogP) is 6.33. The Morgan fingerprint density at radius 3 is 2.63 bits per heavy atom. The Morgan fingerprint density at radius 2 is 1.90 bits per heavy atom. The number of hydrogen-bond donors (Lipinski definition) is 0. The van der Waals surface area contributed by atoms with Crippen molar-refractivity contribution in [2.24, 2.45) is 0 Å². The summed E-state index contributed by atoms with van der Waals surface area (Å²) >= 11 is 6.47. The summed E-state index contributed by atoms with van der Waals surface area (Å²) in [5.41, 5.74) is 1.19. The molecule has 0 N–H and O–H groups in total. The van der Waals surface area contributed by atoms with Crippen molar-refractivity contribution in [1.82, 2.24) is 4.57 Å². The van der Waals surface area contributed by atoms with Crippen molar-refractivity contribution in [2.75, 3.05) is 0 Å². The maximum Gasteiger partial charge on any atom is 0.273 e. The van der Waals surface area contributed by atoms with Crippen LogP contribution in [-0.2, 0) is 13.2 Å². The van der Waals surface area contributed by atoms with E-state index in [0.717, 1.165) is 10.4 Å². The van der Waals surface area contributed by atoms with E-state index in [4.69, 9.17) is 9.47 Å². The molecule has 8 heteroatoms. The Balaban J connectivity index is 1.70. The maximum absolute atomic E-state index is 14.8. The highest BCUT2D eigenvalue weighted by molar-refractivity contribution is 9.10. The van der Waals surface area contributed by atoms with Crippen LogP contribution in [0.15, 0.2) is 67.9 Å². The Kier molecular flexibility index (Phi) is 6.36.